The van der Waals surface area contributed by atoms with Crippen LogP contribution in [0.3, 0.4) is 0 Å². The predicted octanol–water partition coefficient (Wildman–Crippen LogP) is 11.3. The van der Waals surface area contributed by atoms with E-state index in [0.717, 1.165) is 0 Å². The van der Waals surface area contributed by atoms with Crippen molar-refractivity contribution in [2.45, 2.75) is 131 Å². The highest BCUT2D eigenvalue weighted by Crippen LogP contribution is 2.59. The average Bonchev–Trinajstić information content (AvgIpc) is 2.98. The van der Waals surface area contributed by atoms with Gasteiger partial charge in [-0.3, -0.25) is 13.6 Å². The van der Waals surface area contributed by atoms with Gasteiger partial charge in [-0.25, -0.2) is 17.7 Å². The molecule has 3 unspecified atom stereocenters. The van der Waals surface area contributed by atoms with Gasteiger partial charge in [-0.2, -0.15) is 79.0 Å². The van der Waals surface area contributed by atoms with Crippen LogP contribution >= 0.6 is 7.82 Å². The molecule has 3 atom stereocenters. The minimum absolute atomic E-state index is 0.632. The lowest BCUT2D eigenvalue weighted by Crippen LogP contribution is -2.56. The Morgan fingerprint density at radius 1 is 0.400 bits per heavy atom. The van der Waals surface area contributed by atoms with Crippen molar-refractivity contribution in [3.05, 3.63) is 0 Å². The molecule has 0 aliphatic carbocycles. The highest BCUT2D eigenvalue weighted by Gasteiger charge is 2.74. The van der Waals surface area contributed by atoms with Gasteiger partial charge in [0.25, 0.3) is 0 Å². The number of phosphoric ester groups is 1. The van der Waals surface area contributed by atoms with Crippen molar-refractivity contribution in [1.29, 1.82) is 0 Å². The second-order valence-electron chi connectivity index (χ2n) is 10.8. The van der Waals surface area contributed by atoms with Gasteiger partial charge in [0.05, 0.1) is 18.3 Å². The molecule has 0 N–H and O–H groups in total. The predicted molar refractivity (Wildman–Crippen MR) is 129 cm³/mol. The van der Waals surface area contributed by atoms with Gasteiger partial charge in [0.2, 0.25) is 0 Å². The van der Waals surface area contributed by atoms with Crippen molar-refractivity contribution in [2.75, 3.05) is 20.0 Å². The van der Waals surface area contributed by atoms with Gasteiger partial charge < -0.3 is 0 Å². The van der Waals surface area contributed by atoms with Crippen molar-refractivity contribution < 1.29 is 110 Å². The van der Waals surface area contributed by atoms with Crippen molar-refractivity contribution in [3.8, 4) is 0 Å². The van der Waals surface area contributed by atoms with Gasteiger partial charge in [-0.15, -0.1) is 0 Å². The smallest absolute Gasteiger partial charge is 0.283 e. The minimum atomic E-state index is -6.60. The molecule has 0 aromatic rings. The highest BCUT2D eigenvalue weighted by atomic mass is 31.2. The summed E-state index contributed by atoms with van der Waals surface area (Å²) in [5.74, 6) is -56.4. The first-order chi connectivity index (χ1) is 22.1. The summed E-state index contributed by atoms with van der Waals surface area (Å²) in [4.78, 5) is 0. The zero-order valence-electron chi connectivity index (χ0n) is 25.6. The Morgan fingerprint density at radius 3 is 0.720 bits per heavy atom. The Balaban J connectivity index is 6.99. The van der Waals surface area contributed by atoms with Crippen LogP contribution in [0.15, 0.2) is 0 Å². The molecule has 0 rings (SSSR count). The molecule has 0 fully saturated rings. The molecule has 0 amide bonds. The average molecular weight is 812 g/mol. The molecule has 0 heterocycles. The molecule has 302 valence electrons. The van der Waals surface area contributed by atoms with Crippen LogP contribution in [0.5, 0.6) is 0 Å². The third-order valence-corrected chi connectivity index (χ3v) is 8.58. The van der Waals surface area contributed by atoms with E-state index in [-0.39, 0.29) is 0 Å². The fourth-order valence-electron chi connectivity index (χ4n) is 3.69. The van der Waals surface area contributed by atoms with E-state index in [0.29, 0.717) is 20.8 Å². The summed E-state index contributed by atoms with van der Waals surface area (Å²) < 4.78 is 313. The lowest BCUT2D eigenvalue weighted by molar-refractivity contribution is -0.318. The molecule has 0 saturated carbocycles. The maximum atomic E-state index is 14.3. The Bertz CT molecular complexity index is 986. The van der Waals surface area contributed by atoms with Crippen LogP contribution in [0.2, 0.25) is 0 Å². The monoisotopic (exact) mass is 812 g/mol. The molecule has 0 aliphatic rings. The first-order valence-corrected chi connectivity index (χ1v) is 15.3. The number of rotatable bonds is 24. The molecule has 0 radical (unpaired) electrons. The topological polar surface area (TPSA) is 44.8 Å². The third-order valence-electron chi connectivity index (χ3n) is 6.91. The highest BCUT2D eigenvalue weighted by molar-refractivity contribution is 7.48. The summed E-state index contributed by atoms with van der Waals surface area (Å²) in [7, 11) is -6.51. The van der Waals surface area contributed by atoms with E-state index in [1.807, 2.05) is 0 Å². The number of hydrogen-bond acceptors (Lipinski definition) is 4. The zero-order chi connectivity index (χ0) is 40.2. The van der Waals surface area contributed by atoms with Crippen molar-refractivity contribution in [2.24, 2.45) is 0 Å². The molecule has 50 heavy (non-hydrogen) atoms. The first-order valence-electron chi connectivity index (χ1n) is 13.8. The summed E-state index contributed by atoms with van der Waals surface area (Å²) >= 11 is 0. The molecule has 4 nitrogen and oxygen atoms in total. The van der Waals surface area contributed by atoms with Gasteiger partial charge in [0.15, 0.2) is 20.0 Å². The zero-order valence-corrected chi connectivity index (χ0v) is 26.5. The van der Waals surface area contributed by atoms with Crippen molar-refractivity contribution in [3.63, 3.8) is 0 Å². The van der Waals surface area contributed by atoms with Gasteiger partial charge >= 0.3 is 61.1 Å². The van der Waals surface area contributed by atoms with Gasteiger partial charge in [-0.05, 0) is 19.3 Å². The fourth-order valence-corrected chi connectivity index (χ4v) is 5.60. The Morgan fingerprint density at radius 2 is 0.580 bits per heavy atom. The summed E-state index contributed by atoms with van der Waals surface area (Å²) in [6.45, 7) is -8.29. The maximum Gasteiger partial charge on any atom is 0.475 e. The first kappa shape index (κ1) is 48.6. The van der Waals surface area contributed by atoms with E-state index in [4.69, 9.17) is 0 Å². The summed E-state index contributed by atoms with van der Waals surface area (Å²) in [6.07, 6.45) is -20.9. The largest absolute Gasteiger partial charge is 0.475 e. The normalized spacial score (nSPS) is 18.2. The Labute approximate surface area is 269 Å². The van der Waals surface area contributed by atoms with Crippen LogP contribution in [-0.4, -0.2) is 91.6 Å². The molecule has 0 saturated heterocycles. The van der Waals surface area contributed by atoms with Gasteiger partial charge in [0, 0.05) is 19.3 Å². The van der Waals surface area contributed by atoms with Crippen LogP contribution in [0, 0.1) is 0 Å². The molecule has 0 aromatic heterocycles. The van der Waals surface area contributed by atoms with E-state index >= 15 is 0 Å². The van der Waals surface area contributed by atoms with Crippen LogP contribution in [0.4, 0.5) is 92.2 Å². The molecule has 0 aromatic carbocycles. The second-order valence-corrected chi connectivity index (χ2v) is 12.3. The van der Waals surface area contributed by atoms with E-state index in [1.165, 1.54) is 0 Å². The fraction of sp³-hybridized carbons (Fsp3) is 1.00. The standard InChI is InChI=1S/C24H30F21O4P/c1-4-13(7-16(28,29)22(40,41)19(34,35)10-25)47-50(46,48-14(5-2)8-17(30,31)23(42,43)20(36,37)11-26)49-15(6-3)9-18(32,33)24(44,45)21(38,39)12-27/h13-15H,4-12H2,1-3H3. The number of alkyl halides is 21. The number of hydrogen-bond donors (Lipinski definition) is 0. The molecule has 0 spiro atoms. The van der Waals surface area contributed by atoms with Crippen LogP contribution in [-0.2, 0) is 18.1 Å². The lowest BCUT2D eigenvalue weighted by Gasteiger charge is -2.37. The minimum Gasteiger partial charge on any atom is -0.283 e. The summed E-state index contributed by atoms with van der Waals surface area (Å²) in [6, 6.07) is 0. The summed E-state index contributed by atoms with van der Waals surface area (Å²) in [5.41, 5.74) is 0. The Kier molecular flexibility index (Phi) is 15.9. The van der Waals surface area contributed by atoms with Crippen LogP contribution in [0.1, 0.15) is 59.3 Å². The molecular formula is C24H30F21O4P. The second kappa shape index (κ2) is 16.3. The van der Waals surface area contributed by atoms with E-state index < -0.39 is 138 Å². The van der Waals surface area contributed by atoms with Crippen molar-refractivity contribution >= 4 is 7.82 Å². The van der Waals surface area contributed by atoms with Gasteiger partial charge in [0.1, 0.15) is 0 Å². The molecule has 0 aliphatic heterocycles. The van der Waals surface area contributed by atoms with E-state index in [9.17, 15) is 96.8 Å². The van der Waals surface area contributed by atoms with Crippen LogP contribution in [0.25, 0.3) is 0 Å². The number of phosphoric acid groups is 1. The van der Waals surface area contributed by atoms with Crippen LogP contribution < -0.4 is 0 Å². The molecule has 26 heteroatoms. The Hall–Kier alpha value is -1.36. The van der Waals surface area contributed by atoms with E-state index in [2.05, 4.69) is 13.6 Å². The van der Waals surface area contributed by atoms with Crippen molar-refractivity contribution in [1.82, 2.24) is 0 Å². The van der Waals surface area contributed by atoms with Gasteiger partial charge in [-0.1, -0.05) is 20.8 Å². The molecule has 0 bridgehead atoms. The maximum absolute atomic E-state index is 14.3. The lowest BCUT2D eigenvalue weighted by atomic mass is 9.98. The molecular weight excluding hydrogens is 782 g/mol. The summed E-state index contributed by atoms with van der Waals surface area (Å²) in [5, 5.41) is 0. The number of halogens is 21. The SMILES string of the molecule is CCC(CC(F)(F)C(F)(F)C(F)(F)CF)OP(=O)(OC(CC)CC(F)(F)C(F)(F)C(F)(F)CF)OC(CC)CC(F)(F)C(F)(F)C(F)(F)CF. The quantitative estimate of drug-likeness (QED) is 0.0719. The third kappa shape index (κ3) is 10.2. The van der Waals surface area contributed by atoms with E-state index in [1.54, 1.807) is 0 Å².